The highest BCUT2D eigenvalue weighted by atomic mass is 32.2. The third-order valence-electron chi connectivity index (χ3n) is 4.19. The van der Waals surface area contributed by atoms with Crippen LogP contribution in [0.25, 0.3) is 11.4 Å². The molecule has 4 rings (SSSR count). The Morgan fingerprint density at radius 3 is 2.57 bits per heavy atom. The normalized spacial score (nSPS) is 12.2. The molecule has 0 spiro atoms. The Hall–Kier alpha value is -3.00. The van der Waals surface area contributed by atoms with Gasteiger partial charge < -0.3 is 8.94 Å². The fourth-order valence-corrected chi connectivity index (χ4v) is 3.31. The summed E-state index contributed by atoms with van der Waals surface area (Å²) in [6, 6.07) is 16.1. The van der Waals surface area contributed by atoms with E-state index >= 15 is 0 Å². The van der Waals surface area contributed by atoms with E-state index in [-0.39, 0.29) is 11.7 Å². The molecular weight excluding hydrogens is 379 g/mol. The minimum Gasteiger partial charge on any atom is -0.416 e. The van der Waals surface area contributed by atoms with Crippen molar-refractivity contribution >= 4 is 11.8 Å². The molecule has 6 nitrogen and oxygen atoms in total. The maximum Gasteiger partial charge on any atom is 0.277 e. The van der Waals surface area contributed by atoms with Gasteiger partial charge in [0.15, 0.2) is 0 Å². The number of hydrogen-bond acceptors (Lipinski definition) is 7. The van der Waals surface area contributed by atoms with Gasteiger partial charge in [0, 0.05) is 12.0 Å². The van der Waals surface area contributed by atoms with Crippen molar-refractivity contribution in [3.63, 3.8) is 0 Å². The van der Waals surface area contributed by atoms with E-state index in [1.165, 1.54) is 29.5 Å². The third kappa shape index (κ3) is 4.45. The predicted molar refractivity (Wildman–Crippen MR) is 102 cm³/mol. The Labute approximate surface area is 165 Å². The monoisotopic (exact) mass is 396 g/mol. The van der Waals surface area contributed by atoms with Crippen molar-refractivity contribution < 1.29 is 13.3 Å². The molecule has 0 saturated heterocycles. The molecule has 28 heavy (non-hydrogen) atoms. The second kappa shape index (κ2) is 8.35. The van der Waals surface area contributed by atoms with E-state index in [2.05, 4.69) is 39.4 Å². The molecule has 8 heteroatoms. The SMILES string of the molecule is CC(Cc1nnc(SCc2nc(-c3ccc(F)cc3)no2)o1)c1ccccc1. The molecule has 2 heterocycles. The van der Waals surface area contributed by atoms with E-state index < -0.39 is 0 Å². The quantitative estimate of drug-likeness (QED) is 0.411. The van der Waals surface area contributed by atoms with E-state index in [1.807, 2.05) is 18.2 Å². The zero-order valence-corrected chi connectivity index (χ0v) is 15.9. The molecule has 0 bridgehead atoms. The first-order chi connectivity index (χ1) is 13.7. The van der Waals surface area contributed by atoms with Crippen LogP contribution in [0.3, 0.4) is 0 Å². The first kappa shape index (κ1) is 18.4. The summed E-state index contributed by atoms with van der Waals surface area (Å²) < 4.78 is 23.9. The summed E-state index contributed by atoms with van der Waals surface area (Å²) in [5, 5.41) is 12.6. The first-order valence-corrected chi connectivity index (χ1v) is 9.74. The van der Waals surface area contributed by atoms with Crippen LogP contribution < -0.4 is 0 Å². The molecule has 0 amide bonds. The highest BCUT2D eigenvalue weighted by Gasteiger charge is 2.14. The van der Waals surface area contributed by atoms with Crippen LogP contribution in [-0.2, 0) is 12.2 Å². The molecule has 0 radical (unpaired) electrons. The molecule has 2 aromatic carbocycles. The number of nitrogens with zero attached hydrogens (tertiary/aromatic N) is 4. The number of thioether (sulfide) groups is 1. The van der Waals surface area contributed by atoms with Gasteiger partial charge in [0.1, 0.15) is 5.82 Å². The molecule has 0 N–H and O–H groups in total. The highest BCUT2D eigenvalue weighted by Crippen LogP contribution is 2.25. The van der Waals surface area contributed by atoms with Gasteiger partial charge in [0.25, 0.3) is 5.22 Å². The molecule has 0 aliphatic carbocycles. The number of hydrogen-bond donors (Lipinski definition) is 0. The van der Waals surface area contributed by atoms with Crippen LogP contribution in [0.4, 0.5) is 4.39 Å². The van der Waals surface area contributed by atoms with Crippen molar-refractivity contribution in [2.45, 2.75) is 30.2 Å². The van der Waals surface area contributed by atoms with Gasteiger partial charge in [0.05, 0.1) is 5.75 Å². The number of halogens is 1. The fraction of sp³-hybridized carbons (Fsp3) is 0.200. The summed E-state index contributed by atoms with van der Waals surface area (Å²) in [5.74, 6) is 1.83. The minimum atomic E-state index is -0.309. The smallest absolute Gasteiger partial charge is 0.277 e. The van der Waals surface area contributed by atoms with Crippen molar-refractivity contribution in [3.05, 3.63) is 77.8 Å². The minimum absolute atomic E-state index is 0.286. The molecule has 1 atom stereocenters. The average molecular weight is 396 g/mol. The van der Waals surface area contributed by atoms with Crippen molar-refractivity contribution in [1.82, 2.24) is 20.3 Å². The zero-order valence-electron chi connectivity index (χ0n) is 15.1. The Morgan fingerprint density at radius 2 is 1.79 bits per heavy atom. The van der Waals surface area contributed by atoms with Gasteiger partial charge in [-0.25, -0.2) is 4.39 Å². The van der Waals surface area contributed by atoms with Gasteiger partial charge >= 0.3 is 0 Å². The lowest BCUT2D eigenvalue weighted by Crippen LogP contribution is -1.98. The first-order valence-electron chi connectivity index (χ1n) is 8.76. The summed E-state index contributed by atoms with van der Waals surface area (Å²) in [6.07, 6.45) is 0.673. The van der Waals surface area contributed by atoms with Crippen LogP contribution in [0.15, 0.2) is 68.8 Å². The van der Waals surface area contributed by atoms with Crippen LogP contribution in [0.1, 0.15) is 30.2 Å². The maximum absolute atomic E-state index is 13.0. The molecule has 4 aromatic rings. The largest absolute Gasteiger partial charge is 0.416 e. The third-order valence-corrected chi connectivity index (χ3v) is 4.99. The average Bonchev–Trinajstić information content (AvgIpc) is 3.37. The van der Waals surface area contributed by atoms with E-state index in [0.29, 0.717) is 40.6 Å². The maximum atomic E-state index is 13.0. The second-order valence-corrected chi connectivity index (χ2v) is 7.21. The van der Waals surface area contributed by atoms with Gasteiger partial charge in [-0.2, -0.15) is 4.98 Å². The lowest BCUT2D eigenvalue weighted by Gasteiger charge is -2.08. The molecule has 2 aromatic heterocycles. The Kier molecular flexibility index (Phi) is 5.48. The summed E-state index contributed by atoms with van der Waals surface area (Å²) in [4.78, 5) is 4.31. The summed E-state index contributed by atoms with van der Waals surface area (Å²) in [6.45, 7) is 2.13. The Balaban J connectivity index is 1.34. The molecule has 0 fully saturated rings. The summed E-state index contributed by atoms with van der Waals surface area (Å²) >= 11 is 1.33. The standard InChI is InChI=1S/C20H17FN4O2S/c1-13(14-5-3-2-4-6-14)11-17-23-24-20(26-17)28-12-18-22-19(25-27-18)15-7-9-16(21)10-8-15/h2-10,13H,11-12H2,1H3. The molecule has 1 unspecified atom stereocenters. The van der Waals surface area contributed by atoms with Gasteiger partial charge in [-0.1, -0.05) is 54.2 Å². The highest BCUT2D eigenvalue weighted by molar-refractivity contribution is 7.98. The summed E-state index contributed by atoms with van der Waals surface area (Å²) in [5.41, 5.74) is 1.92. The fourth-order valence-electron chi connectivity index (χ4n) is 2.69. The van der Waals surface area contributed by atoms with E-state index in [0.717, 1.165) is 0 Å². The van der Waals surface area contributed by atoms with Crippen LogP contribution in [0.2, 0.25) is 0 Å². The van der Waals surface area contributed by atoms with Crippen LogP contribution in [-0.4, -0.2) is 20.3 Å². The topological polar surface area (TPSA) is 77.8 Å². The zero-order chi connectivity index (χ0) is 19.3. The van der Waals surface area contributed by atoms with Gasteiger partial charge in [-0.15, -0.1) is 10.2 Å². The summed E-state index contributed by atoms with van der Waals surface area (Å²) in [7, 11) is 0. The van der Waals surface area contributed by atoms with Crippen molar-refractivity contribution in [2.75, 3.05) is 0 Å². The lowest BCUT2D eigenvalue weighted by molar-refractivity contribution is 0.388. The molecular formula is C20H17FN4O2S. The Morgan fingerprint density at radius 1 is 1.00 bits per heavy atom. The lowest BCUT2D eigenvalue weighted by atomic mass is 9.98. The number of rotatable bonds is 7. The number of aromatic nitrogens is 4. The van der Waals surface area contributed by atoms with Gasteiger partial charge in [-0.05, 0) is 35.7 Å². The van der Waals surface area contributed by atoms with Crippen LogP contribution in [0, 0.1) is 5.82 Å². The van der Waals surface area contributed by atoms with E-state index in [1.54, 1.807) is 12.1 Å². The molecule has 0 aliphatic rings. The molecule has 142 valence electrons. The predicted octanol–water partition coefficient (Wildman–Crippen LogP) is 4.90. The second-order valence-electron chi connectivity index (χ2n) is 6.28. The molecule has 0 aliphatic heterocycles. The van der Waals surface area contributed by atoms with Crippen LogP contribution in [0.5, 0.6) is 0 Å². The number of benzene rings is 2. The van der Waals surface area contributed by atoms with Gasteiger partial charge in [0.2, 0.25) is 17.6 Å². The molecule has 0 saturated carbocycles. The van der Waals surface area contributed by atoms with Crippen molar-refractivity contribution in [3.8, 4) is 11.4 Å². The van der Waals surface area contributed by atoms with Crippen molar-refractivity contribution in [1.29, 1.82) is 0 Å². The van der Waals surface area contributed by atoms with Crippen LogP contribution >= 0.6 is 11.8 Å². The Bertz CT molecular complexity index is 1030. The van der Waals surface area contributed by atoms with E-state index in [4.69, 9.17) is 8.94 Å². The van der Waals surface area contributed by atoms with Gasteiger partial charge in [-0.3, -0.25) is 0 Å². The van der Waals surface area contributed by atoms with E-state index in [9.17, 15) is 4.39 Å². The van der Waals surface area contributed by atoms with Crippen molar-refractivity contribution in [2.24, 2.45) is 0 Å².